The van der Waals surface area contributed by atoms with Gasteiger partial charge in [0.2, 0.25) is 0 Å². The van der Waals surface area contributed by atoms with E-state index < -0.39 is 10.1 Å². The van der Waals surface area contributed by atoms with E-state index in [0.717, 1.165) is 5.56 Å². The van der Waals surface area contributed by atoms with E-state index in [0.29, 0.717) is 5.69 Å². The summed E-state index contributed by atoms with van der Waals surface area (Å²) in [4.78, 5) is 14.3. The maximum absolute atomic E-state index is 10.6. The van der Waals surface area contributed by atoms with Crippen molar-refractivity contribution in [3.8, 4) is 0 Å². The van der Waals surface area contributed by atoms with Crippen LogP contribution < -0.4 is 0 Å². The predicted molar refractivity (Wildman–Crippen MR) is 75.2 cm³/mol. The molecule has 0 saturated heterocycles. The summed E-state index contributed by atoms with van der Waals surface area (Å²) in [5.74, 6) is 0.00981. The zero-order valence-electron chi connectivity index (χ0n) is 11.1. The third kappa shape index (κ3) is 5.29. The monoisotopic (exact) mass is 293 g/mol. The van der Waals surface area contributed by atoms with Crippen molar-refractivity contribution in [2.24, 2.45) is 0 Å². The molecule has 1 N–H and O–H groups in total. The van der Waals surface area contributed by atoms with Crippen molar-refractivity contribution in [3.05, 3.63) is 59.9 Å². The molecule has 2 rings (SSSR count). The first-order valence-corrected chi connectivity index (χ1v) is 7.21. The van der Waals surface area contributed by atoms with Crippen LogP contribution >= 0.6 is 0 Å². The second-order valence-corrected chi connectivity index (χ2v) is 5.48. The average molecular weight is 293 g/mol. The van der Waals surface area contributed by atoms with E-state index in [-0.39, 0.29) is 10.7 Å². The number of hydrogen-bond donors (Lipinski definition) is 1. The van der Waals surface area contributed by atoms with Gasteiger partial charge in [-0.2, -0.15) is 8.42 Å². The molecule has 6 heteroatoms. The summed E-state index contributed by atoms with van der Waals surface area (Å²) in [5.41, 5.74) is 1.48. The number of nitrogens with zero attached hydrogens (tertiary/aromatic N) is 1. The maximum Gasteiger partial charge on any atom is 0.294 e. The Morgan fingerprint density at radius 3 is 2.05 bits per heavy atom. The lowest BCUT2D eigenvalue weighted by Crippen LogP contribution is -1.96. The lowest BCUT2D eigenvalue weighted by Gasteiger charge is -1.95. The number of carbonyl (C=O) groups excluding carboxylic acids is 1. The third-order valence-corrected chi connectivity index (χ3v) is 3.21. The molecule has 1 aromatic carbocycles. The van der Waals surface area contributed by atoms with Crippen LogP contribution in [0.4, 0.5) is 0 Å². The molecule has 0 aliphatic carbocycles. The molecular formula is C14H15NO4S. The van der Waals surface area contributed by atoms with Crippen LogP contribution in [-0.2, 0) is 10.1 Å². The minimum absolute atomic E-state index is 0.00981. The number of aryl methyl sites for hydroxylation is 1. The van der Waals surface area contributed by atoms with Gasteiger partial charge in [0.1, 0.15) is 5.69 Å². The van der Waals surface area contributed by atoms with Crippen molar-refractivity contribution in [1.82, 2.24) is 4.98 Å². The molecule has 1 heterocycles. The van der Waals surface area contributed by atoms with Gasteiger partial charge in [0.25, 0.3) is 10.1 Å². The lowest BCUT2D eigenvalue weighted by atomic mass is 10.2. The molecule has 0 amide bonds. The molecule has 0 aliphatic heterocycles. The number of Topliss-reactive ketones (excluding diaryl/α,β-unsaturated/α-hetero) is 1. The normalized spacial score (nSPS) is 10.3. The van der Waals surface area contributed by atoms with Crippen LogP contribution in [0.25, 0.3) is 0 Å². The Morgan fingerprint density at radius 1 is 1.10 bits per heavy atom. The number of benzene rings is 1. The molecule has 2 aromatic rings. The van der Waals surface area contributed by atoms with E-state index in [2.05, 4.69) is 4.98 Å². The molecule has 106 valence electrons. The highest BCUT2D eigenvalue weighted by Gasteiger charge is 2.06. The van der Waals surface area contributed by atoms with E-state index in [1.54, 1.807) is 36.5 Å². The van der Waals surface area contributed by atoms with E-state index in [1.165, 1.54) is 19.1 Å². The second-order valence-electron chi connectivity index (χ2n) is 4.06. The van der Waals surface area contributed by atoms with Gasteiger partial charge in [0, 0.05) is 13.1 Å². The van der Waals surface area contributed by atoms with Crippen molar-refractivity contribution in [2.75, 3.05) is 0 Å². The number of carbonyl (C=O) groups is 1. The van der Waals surface area contributed by atoms with Crippen molar-refractivity contribution >= 4 is 15.9 Å². The van der Waals surface area contributed by atoms with E-state index in [1.807, 2.05) is 6.92 Å². The fourth-order valence-electron chi connectivity index (χ4n) is 1.28. The van der Waals surface area contributed by atoms with Crippen LogP contribution in [-0.4, -0.2) is 23.7 Å². The number of rotatable bonds is 2. The van der Waals surface area contributed by atoms with Gasteiger partial charge in [-0.25, -0.2) is 0 Å². The first kappa shape index (κ1) is 16.0. The summed E-state index contributed by atoms with van der Waals surface area (Å²) >= 11 is 0. The minimum atomic E-state index is -4.02. The topological polar surface area (TPSA) is 84.3 Å². The van der Waals surface area contributed by atoms with Gasteiger partial charge < -0.3 is 0 Å². The van der Waals surface area contributed by atoms with Crippen LogP contribution in [0.5, 0.6) is 0 Å². The van der Waals surface area contributed by atoms with Gasteiger partial charge in [-0.3, -0.25) is 14.3 Å². The van der Waals surface area contributed by atoms with Crippen molar-refractivity contribution < 1.29 is 17.8 Å². The Balaban J connectivity index is 0.000000204. The maximum atomic E-state index is 10.6. The van der Waals surface area contributed by atoms with Gasteiger partial charge >= 0.3 is 0 Å². The molecule has 1 aromatic heterocycles. The van der Waals surface area contributed by atoms with Crippen molar-refractivity contribution in [3.63, 3.8) is 0 Å². The van der Waals surface area contributed by atoms with Gasteiger partial charge in [-0.1, -0.05) is 23.8 Å². The molecule has 0 aliphatic rings. The molecule has 0 radical (unpaired) electrons. The summed E-state index contributed by atoms with van der Waals surface area (Å²) in [6.45, 7) is 3.34. The van der Waals surface area contributed by atoms with Gasteiger partial charge in [-0.15, -0.1) is 0 Å². The largest absolute Gasteiger partial charge is 0.294 e. The van der Waals surface area contributed by atoms with Crippen molar-refractivity contribution in [2.45, 2.75) is 18.7 Å². The second kappa shape index (κ2) is 6.93. The van der Waals surface area contributed by atoms with Crippen LogP contribution in [0, 0.1) is 6.92 Å². The van der Waals surface area contributed by atoms with E-state index in [9.17, 15) is 13.2 Å². The molecule has 0 atom stereocenters. The third-order valence-electron chi connectivity index (χ3n) is 2.34. The van der Waals surface area contributed by atoms with E-state index >= 15 is 0 Å². The lowest BCUT2D eigenvalue weighted by molar-refractivity contribution is 0.101. The zero-order chi connectivity index (χ0) is 15.2. The summed E-state index contributed by atoms with van der Waals surface area (Å²) < 4.78 is 29.6. The standard InChI is InChI=1S/C7H7NO.C7H8O3S/c1-6(9)7-4-2-3-5-8-7;1-6-2-4-7(5-3-6)11(8,9)10/h2-5H,1H3;2-5H,1H3,(H,8,9,10). The fraction of sp³-hybridized carbons (Fsp3) is 0.143. The average Bonchev–Trinajstić information content (AvgIpc) is 2.40. The van der Waals surface area contributed by atoms with Gasteiger partial charge in [0.15, 0.2) is 5.78 Å². The summed E-state index contributed by atoms with van der Waals surface area (Å²) in [7, 11) is -4.02. The molecule has 0 saturated carbocycles. The van der Waals surface area contributed by atoms with Gasteiger partial charge in [-0.05, 0) is 31.2 Å². The fourth-order valence-corrected chi connectivity index (χ4v) is 1.76. The molecule has 0 spiro atoms. The Labute approximate surface area is 118 Å². The molecule has 20 heavy (non-hydrogen) atoms. The number of pyridine rings is 1. The van der Waals surface area contributed by atoms with Gasteiger partial charge in [0.05, 0.1) is 4.90 Å². The highest BCUT2D eigenvalue weighted by molar-refractivity contribution is 7.85. The smallest absolute Gasteiger partial charge is 0.293 e. The zero-order valence-corrected chi connectivity index (χ0v) is 12.0. The first-order chi connectivity index (χ1) is 9.30. The number of aromatic nitrogens is 1. The first-order valence-electron chi connectivity index (χ1n) is 5.77. The highest BCUT2D eigenvalue weighted by atomic mass is 32.2. The Kier molecular flexibility index (Phi) is 5.54. The molecule has 5 nitrogen and oxygen atoms in total. The predicted octanol–water partition coefficient (Wildman–Crippen LogP) is 2.53. The van der Waals surface area contributed by atoms with Crippen LogP contribution in [0.2, 0.25) is 0 Å². The molecule has 0 fully saturated rings. The number of hydrogen-bond acceptors (Lipinski definition) is 4. The Bertz CT molecular complexity index is 664. The molecule has 0 bridgehead atoms. The Morgan fingerprint density at radius 2 is 1.70 bits per heavy atom. The van der Waals surface area contributed by atoms with Crippen LogP contribution in [0.3, 0.4) is 0 Å². The number of ketones is 1. The van der Waals surface area contributed by atoms with Crippen LogP contribution in [0.1, 0.15) is 23.0 Å². The summed E-state index contributed by atoms with van der Waals surface area (Å²) in [5, 5.41) is 0. The quantitative estimate of drug-likeness (QED) is 0.679. The summed E-state index contributed by atoms with van der Waals surface area (Å²) in [6.07, 6.45) is 1.61. The van der Waals surface area contributed by atoms with Crippen LogP contribution in [0.15, 0.2) is 53.6 Å². The molecule has 0 unspecified atom stereocenters. The molecular weight excluding hydrogens is 278 g/mol. The van der Waals surface area contributed by atoms with Crippen molar-refractivity contribution in [1.29, 1.82) is 0 Å². The highest BCUT2D eigenvalue weighted by Crippen LogP contribution is 2.08. The van der Waals surface area contributed by atoms with E-state index in [4.69, 9.17) is 4.55 Å². The minimum Gasteiger partial charge on any atom is -0.293 e. The summed E-state index contributed by atoms with van der Waals surface area (Å²) in [6, 6.07) is 11.3. The SMILES string of the molecule is CC(=O)c1ccccn1.Cc1ccc(S(=O)(=O)O)cc1. The Hall–Kier alpha value is -2.05.